The normalized spacial score (nSPS) is 17.9. The van der Waals surface area contributed by atoms with Crippen LogP contribution in [0.5, 0.6) is 5.88 Å². The first kappa shape index (κ1) is 10.4. The van der Waals surface area contributed by atoms with E-state index >= 15 is 0 Å². The smallest absolute Gasteiger partial charge is 0.233 e. The van der Waals surface area contributed by atoms with E-state index in [4.69, 9.17) is 9.47 Å². The molecular weight excluding hydrogens is 222 g/mol. The molecule has 0 unspecified atom stereocenters. The Morgan fingerprint density at radius 2 is 2.35 bits per heavy atom. The molecule has 7 nitrogen and oxygen atoms in total. The Labute approximate surface area is 97.7 Å². The SMILES string of the molecule is CCC1(COc2ccc3nnnn3n2)COC1. The molecule has 3 heterocycles. The molecular formula is C10H13N5O2. The number of ether oxygens (including phenoxy) is 2. The standard InChI is InChI=1S/C10H13N5O2/c1-2-10(5-16-6-10)7-17-9-4-3-8-11-13-14-15(8)12-9/h3-4H,2,5-7H2,1H3. The summed E-state index contributed by atoms with van der Waals surface area (Å²) in [6.07, 6.45) is 1.04. The van der Waals surface area contributed by atoms with E-state index in [-0.39, 0.29) is 5.41 Å². The Kier molecular flexibility index (Phi) is 2.40. The molecule has 0 N–H and O–H groups in total. The maximum atomic E-state index is 5.67. The van der Waals surface area contributed by atoms with Crippen LogP contribution in [0.2, 0.25) is 0 Å². The maximum absolute atomic E-state index is 5.67. The van der Waals surface area contributed by atoms with Crippen molar-refractivity contribution in [2.24, 2.45) is 5.41 Å². The molecule has 0 saturated carbocycles. The highest BCUT2D eigenvalue weighted by Crippen LogP contribution is 2.31. The highest BCUT2D eigenvalue weighted by Gasteiger charge is 2.37. The van der Waals surface area contributed by atoms with E-state index in [9.17, 15) is 0 Å². The van der Waals surface area contributed by atoms with Crippen molar-refractivity contribution in [2.45, 2.75) is 13.3 Å². The lowest BCUT2D eigenvalue weighted by atomic mass is 9.84. The van der Waals surface area contributed by atoms with Crippen molar-refractivity contribution in [3.05, 3.63) is 12.1 Å². The molecule has 1 fully saturated rings. The Hall–Kier alpha value is -1.76. The van der Waals surface area contributed by atoms with Gasteiger partial charge in [0.1, 0.15) is 6.61 Å². The Balaban J connectivity index is 1.71. The van der Waals surface area contributed by atoms with Gasteiger partial charge < -0.3 is 9.47 Å². The quantitative estimate of drug-likeness (QED) is 0.760. The van der Waals surface area contributed by atoms with E-state index in [1.165, 1.54) is 4.63 Å². The highest BCUT2D eigenvalue weighted by molar-refractivity contribution is 5.34. The van der Waals surface area contributed by atoms with Crippen LogP contribution < -0.4 is 4.74 Å². The van der Waals surface area contributed by atoms with Crippen LogP contribution >= 0.6 is 0 Å². The molecule has 17 heavy (non-hydrogen) atoms. The summed E-state index contributed by atoms with van der Waals surface area (Å²) >= 11 is 0. The summed E-state index contributed by atoms with van der Waals surface area (Å²) in [6.45, 7) is 4.28. The van der Waals surface area contributed by atoms with Gasteiger partial charge in [0, 0.05) is 6.07 Å². The number of tetrazole rings is 1. The van der Waals surface area contributed by atoms with E-state index in [0.29, 0.717) is 18.1 Å². The molecule has 0 atom stereocenters. The van der Waals surface area contributed by atoms with Gasteiger partial charge >= 0.3 is 0 Å². The van der Waals surface area contributed by atoms with Gasteiger partial charge in [0.25, 0.3) is 0 Å². The Bertz CT molecular complexity index is 517. The number of aromatic nitrogens is 5. The first-order valence-corrected chi connectivity index (χ1v) is 5.57. The second-order valence-electron chi connectivity index (χ2n) is 4.33. The molecule has 0 aromatic carbocycles. The molecule has 3 rings (SSSR count). The topological polar surface area (TPSA) is 74.4 Å². The summed E-state index contributed by atoms with van der Waals surface area (Å²) in [6, 6.07) is 3.55. The molecule has 2 aromatic rings. The summed E-state index contributed by atoms with van der Waals surface area (Å²) in [5.41, 5.74) is 0.756. The van der Waals surface area contributed by atoms with E-state index < -0.39 is 0 Å². The van der Waals surface area contributed by atoms with Crippen molar-refractivity contribution < 1.29 is 9.47 Å². The minimum Gasteiger partial charge on any atom is -0.476 e. The fourth-order valence-electron chi connectivity index (χ4n) is 1.72. The predicted molar refractivity (Wildman–Crippen MR) is 57.6 cm³/mol. The minimum atomic E-state index is 0.150. The Morgan fingerprint density at radius 1 is 1.47 bits per heavy atom. The van der Waals surface area contributed by atoms with Crippen molar-refractivity contribution in [1.82, 2.24) is 25.3 Å². The zero-order chi connectivity index (χ0) is 11.7. The van der Waals surface area contributed by atoms with Crippen molar-refractivity contribution in [3.8, 4) is 5.88 Å². The van der Waals surface area contributed by atoms with Gasteiger partial charge in [-0.25, -0.2) is 0 Å². The van der Waals surface area contributed by atoms with Gasteiger partial charge in [-0.3, -0.25) is 0 Å². The lowest BCUT2D eigenvalue weighted by Gasteiger charge is -2.40. The predicted octanol–water partition coefficient (Wildman–Crippen LogP) is 0.325. The largest absolute Gasteiger partial charge is 0.476 e. The fraction of sp³-hybridized carbons (Fsp3) is 0.600. The van der Waals surface area contributed by atoms with Gasteiger partial charge in [-0.05, 0) is 22.9 Å². The van der Waals surface area contributed by atoms with Crippen LogP contribution in [0.15, 0.2) is 12.1 Å². The van der Waals surface area contributed by atoms with E-state index in [1.54, 1.807) is 12.1 Å². The van der Waals surface area contributed by atoms with Crippen LogP contribution in [0, 0.1) is 5.41 Å². The molecule has 0 radical (unpaired) electrons. The molecule has 0 aliphatic carbocycles. The van der Waals surface area contributed by atoms with Crippen LogP contribution in [0.3, 0.4) is 0 Å². The molecule has 0 bridgehead atoms. The van der Waals surface area contributed by atoms with Gasteiger partial charge in [0.05, 0.1) is 18.6 Å². The number of rotatable bonds is 4. The third-order valence-electron chi connectivity index (χ3n) is 3.14. The van der Waals surface area contributed by atoms with Crippen LogP contribution in [0.1, 0.15) is 13.3 Å². The van der Waals surface area contributed by atoms with Crippen molar-refractivity contribution in [3.63, 3.8) is 0 Å². The first-order valence-electron chi connectivity index (χ1n) is 5.57. The average Bonchev–Trinajstić information content (AvgIpc) is 2.75. The number of hydrogen-bond acceptors (Lipinski definition) is 6. The minimum absolute atomic E-state index is 0.150. The maximum Gasteiger partial charge on any atom is 0.233 e. The highest BCUT2D eigenvalue weighted by atomic mass is 16.5. The molecule has 0 amide bonds. The van der Waals surface area contributed by atoms with Crippen LogP contribution in [0.4, 0.5) is 0 Å². The molecule has 0 spiro atoms. The van der Waals surface area contributed by atoms with Gasteiger partial charge in [-0.2, -0.15) is 0 Å². The fourth-order valence-corrected chi connectivity index (χ4v) is 1.72. The van der Waals surface area contributed by atoms with Crippen LogP contribution in [-0.4, -0.2) is 45.1 Å². The van der Waals surface area contributed by atoms with E-state index in [0.717, 1.165) is 19.6 Å². The van der Waals surface area contributed by atoms with E-state index in [1.807, 2.05) is 0 Å². The third-order valence-corrected chi connectivity index (χ3v) is 3.14. The van der Waals surface area contributed by atoms with E-state index in [2.05, 4.69) is 27.5 Å². The second-order valence-corrected chi connectivity index (χ2v) is 4.33. The molecule has 1 aliphatic rings. The Morgan fingerprint density at radius 3 is 3.06 bits per heavy atom. The molecule has 1 aliphatic heterocycles. The molecule has 2 aromatic heterocycles. The third kappa shape index (κ3) is 1.82. The molecule has 1 saturated heterocycles. The number of nitrogens with zero attached hydrogens (tertiary/aromatic N) is 5. The van der Waals surface area contributed by atoms with Gasteiger partial charge in [0.2, 0.25) is 5.88 Å². The summed E-state index contributed by atoms with van der Waals surface area (Å²) < 4.78 is 12.3. The lowest BCUT2D eigenvalue weighted by molar-refractivity contribution is -0.134. The number of fused-ring (bicyclic) bond motifs is 1. The van der Waals surface area contributed by atoms with Gasteiger partial charge in [-0.1, -0.05) is 6.92 Å². The molecule has 90 valence electrons. The summed E-state index contributed by atoms with van der Waals surface area (Å²) in [5.74, 6) is 0.532. The zero-order valence-electron chi connectivity index (χ0n) is 9.54. The molecule has 7 heteroatoms. The van der Waals surface area contributed by atoms with Crippen molar-refractivity contribution in [2.75, 3.05) is 19.8 Å². The van der Waals surface area contributed by atoms with Crippen molar-refractivity contribution in [1.29, 1.82) is 0 Å². The van der Waals surface area contributed by atoms with Crippen molar-refractivity contribution >= 4 is 5.65 Å². The van der Waals surface area contributed by atoms with Crippen LogP contribution in [-0.2, 0) is 4.74 Å². The van der Waals surface area contributed by atoms with Crippen LogP contribution in [0.25, 0.3) is 5.65 Å². The number of hydrogen-bond donors (Lipinski definition) is 0. The van der Waals surface area contributed by atoms with Gasteiger partial charge in [-0.15, -0.1) is 14.8 Å². The summed E-state index contributed by atoms with van der Waals surface area (Å²) in [4.78, 5) is 0. The monoisotopic (exact) mass is 235 g/mol. The summed E-state index contributed by atoms with van der Waals surface area (Å²) in [5, 5.41) is 15.2. The average molecular weight is 235 g/mol. The second kappa shape index (κ2) is 3.92. The zero-order valence-corrected chi connectivity index (χ0v) is 9.54. The summed E-state index contributed by atoms with van der Waals surface area (Å²) in [7, 11) is 0. The van der Waals surface area contributed by atoms with Gasteiger partial charge in [0.15, 0.2) is 5.65 Å². The first-order chi connectivity index (χ1) is 8.31. The lowest BCUT2D eigenvalue weighted by Crippen LogP contribution is -2.46.